The molecule has 2 fully saturated rings. The quantitative estimate of drug-likeness (QED) is 0.431. The smallest absolute Gasteiger partial charge is 0.0352 e. The van der Waals surface area contributed by atoms with E-state index in [4.69, 9.17) is 0 Å². The number of rotatable bonds is 0. The molecule has 39 valence electrons. The maximum Gasteiger partial charge on any atom is -0.0352 e. The van der Waals surface area contributed by atoms with E-state index >= 15 is 0 Å². The van der Waals surface area contributed by atoms with Crippen LogP contribution in [0.5, 0.6) is 0 Å². The van der Waals surface area contributed by atoms with Gasteiger partial charge < -0.3 is 0 Å². The third-order valence-electron chi connectivity index (χ3n) is 2.38. The summed E-state index contributed by atoms with van der Waals surface area (Å²) in [6, 6.07) is 0. The van der Waals surface area contributed by atoms with Gasteiger partial charge in [-0.2, -0.15) is 0 Å². The van der Waals surface area contributed by atoms with Gasteiger partial charge in [-0.1, -0.05) is 6.42 Å². The lowest BCUT2D eigenvalue weighted by molar-refractivity contribution is 0.557. The molecule has 2 rings (SSSR count). The summed E-state index contributed by atoms with van der Waals surface area (Å²) in [5.41, 5.74) is 0. The van der Waals surface area contributed by atoms with Gasteiger partial charge in [0.25, 0.3) is 0 Å². The zero-order valence-electron chi connectivity index (χ0n) is 4.56. The molecule has 0 nitrogen and oxygen atoms in total. The van der Waals surface area contributed by atoms with E-state index in [0.717, 1.165) is 11.8 Å². The van der Waals surface area contributed by atoms with Crippen molar-refractivity contribution in [2.24, 2.45) is 11.8 Å². The van der Waals surface area contributed by atoms with Crippen molar-refractivity contribution in [2.75, 3.05) is 0 Å². The van der Waals surface area contributed by atoms with Crippen LogP contribution in [0.15, 0.2) is 0 Å². The van der Waals surface area contributed by atoms with Crippen LogP contribution in [0.1, 0.15) is 25.7 Å². The summed E-state index contributed by atoms with van der Waals surface area (Å²) in [6.45, 7) is 0. The molecular weight excluding hydrogens is 84.1 g/mol. The van der Waals surface area contributed by atoms with E-state index in [1.807, 2.05) is 0 Å². The van der Waals surface area contributed by atoms with Crippen LogP contribution in [0.3, 0.4) is 0 Å². The largest absolute Gasteiger partial charge is 0.0502 e. The Morgan fingerprint density at radius 2 is 2.29 bits per heavy atom. The number of fused-ring (bicyclic) bond motifs is 2. The summed E-state index contributed by atoms with van der Waals surface area (Å²) in [5.74, 6) is 2.16. The van der Waals surface area contributed by atoms with Gasteiger partial charge in [-0.05, 0) is 37.5 Å². The minimum Gasteiger partial charge on any atom is -0.0502 e. The molecule has 2 bridgehead atoms. The van der Waals surface area contributed by atoms with E-state index in [1.54, 1.807) is 0 Å². The molecule has 0 N–H and O–H groups in total. The highest BCUT2D eigenvalue weighted by atomic mass is 14.4. The molecule has 2 aliphatic rings. The molecule has 0 aromatic heterocycles. The predicted molar refractivity (Wildman–Crippen MR) is 29.7 cm³/mol. The van der Waals surface area contributed by atoms with Gasteiger partial charge in [-0.3, -0.25) is 0 Å². The second-order valence-corrected chi connectivity index (χ2v) is 2.91. The van der Waals surface area contributed by atoms with Crippen LogP contribution in [0.25, 0.3) is 0 Å². The Hall–Kier alpha value is 0. The average Bonchev–Trinajstić information content (AvgIpc) is 2.22. The molecule has 0 heteroatoms. The Labute approximate surface area is 44.9 Å². The van der Waals surface area contributed by atoms with E-state index < -0.39 is 0 Å². The maximum atomic E-state index is 2.51. The lowest BCUT2D eigenvalue weighted by Gasteiger charge is -2.04. The van der Waals surface area contributed by atoms with Crippen molar-refractivity contribution in [1.82, 2.24) is 0 Å². The van der Waals surface area contributed by atoms with E-state index in [2.05, 4.69) is 6.42 Å². The summed E-state index contributed by atoms with van der Waals surface area (Å²) < 4.78 is 0. The summed E-state index contributed by atoms with van der Waals surface area (Å²) in [6.07, 6.45) is 8.50. The molecule has 2 atom stereocenters. The van der Waals surface area contributed by atoms with E-state index in [1.165, 1.54) is 25.7 Å². The summed E-state index contributed by atoms with van der Waals surface area (Å²) in [7, 11) is 0. The van der Waals surface area contributed by atoms with Gasteiger partial charge in [-0.15, -0.1) is 0 Å². The third-order valence-corrected chi connectivity index (χ3v) is 2.38. The van der Waals surface area contributed by atoms with Crippen LogP contribution < -0.4 is 0 Å². The summed E-state index contributed by atoms with van der Waals surface area (Å²) in [4.78, 5) is 0. The summed E-state index contributed by atoms with van der Waals surface area (Å²) >= 11 is 0. The van der Waals surface area contributed by atoms with Crippen molar-refractivity contribution in [1.29, 1.82) is 0 Å². The van der Waals surface area contributed by atoms with Gasteiger partial charge in [0.1, 0.15) is 0 Å². The Bertz CT molecular complexity index is 58.1. The fraction of sp³-hybridized carbons (Fsp3) is 0.857. The molecule has 0 saturated heterocycles. The monoisotopic (exact) mass is 95.1 g/mol. The first-order valence-corrected chi connectivity index (χ1v) is 3.28. The second-order valence-electron chi connectivity index (χ2n) is 2.91. The molecule has 0 aromatic rings. The predicted octanol–water partition coefficient (Wildman–Crippen LogP) is 2.01. The highest BCUT2D eigenvalue weighted by Gasteiger charge is 2.30. The molecule has 2 saturated carbocycles. The topological polar surface area (TPSA) is 0 Å². The molecule has 0 unspecified atom stereocenters. The van der Waals surface area contributed by atoms with Crippen molar-refractivity contribution in [2.45, 2.75) is 25.7 Å². The molecule has 0 aliphatic heterocycles. The Balaban J connectivity index is 2.12. The van der Waals surface area contributed by atoms with Crippen LogP contribution in [0, 0.1) is 18.3 Å². The molecule has 0 heterocycles. The fourth-order valence-electron chi connectivity index (χ4n) is 1.93. The average molecular weight is 95.2 g/mol. The van der Waals surface area contributed by atoms with Crippen LogP contribution in [0.4, 0.5) is 0 Å². The van der Waals surface area contributed by atoms with Crippen molar-refractivity contribution in [3.05, 3.63) is 6.42 Å². The highest BCUT2D eigenvalue weighted by Crippen LogP contribution is 2.43. The number of hydrogen-bond acceptors (Lipinski definition) is 0. The molecule has 2 aliphatic carbocycles. The third kappa shape index (κ3) is 0.490. The van der Waals surface area contributed by atoms with Gasteiger partial charge in [0.05, 0.1) is 0 Å². The summed E-state index contributed by atoms with van der Waals surface area (Å²) in [5, 5.41) is 0. The van der Waals surface area contributed by atoms with Crippen molar-refractivity contribution in [3.63, 3.8) is 0 Å². The molecule has 0 spiro atoms. The highest BCUT2D eigenvalue weighted by molar-refractivity contribution is 4.94. The van der Waals surface area contributed by atoms with Crippen LogP contribution in [0.2, 0.25) is 0 Å². The van der Waals surface area contributed by atoms with Gasteiger partial charge in [-0.25, -0.2) is 0 Å². The fourth-order valence-corrected chi connectivity index (χ4v) is 1.93. The minimum atomic E-state index is 1.05. The standard InChI is InChI=1S/C7H11/c1-2-7-4-3-6(1)5-7/h1,6-7H,2-5H2/t6-,7+/m0/s1. The van der Waals surface area contributed by atoms with Crippen molar-refractivity contribution >= 4 is 0 Å². The Morgan fingerprint density at radius 3 is 2.43 bits per heavy atom. The second kappa shape index (κ2) is 1.24. The first-order valence-electron chi connectivity index (χ1n) is 3.28. The SMILES string of the molecule is [CH]1C[C@@H]2CC[C@H]1C2. The zero-order valence-corrected chi connectivity index (χ0v) is 4.56. The maximum absolute atomic E-state index is 2.51. The van der Waals surface area contributed by atoms with Crippen molar-refractivity contribution < 1.29 is 0 Å². The Kier molecular flexibility index (Phi) is 0.697. The minimum absolute atomic E-state index is 1.05. The lowest BCUT2D eigenvalue weighted by Crippen LogP contribution is -1.92. The van der Waals surface area contributed by atoms with Crippen LogP contribution >= 0.6 is 0 Å². The Morgan fingerprint density at radius 1 is 1.29 bits per heavy atom. The molecular formula is C7H11. The lowest BCUT2D eigenvalue weighted by atomic mass is 10.0. The van der Waals surface area contributed by atoms with E-state index in [-0.39, 0.29) is 0 Å². The van der Waals surface area contributed by atoms with E-state index in [9.17, 15) is 0 Å². The molecule has 0 aromatic carbocycles. The van der Waals surface area contributed by atoms with Crippen LogP contribution in [-0.4, -0.2) is 0 Å². The molecule has 0 amide bonds. The van der Waals surface area contributed by atoms with E-state index in [0.29, 0.717) is 0 Å². The first-order chi connectivity index (χ1) is 3.45. The zero-order chi connectivity index (χ0) is 4.69. The van der Waals surface area contributed by atoms with Gasteiger partial charge in [0, 0.05) is 0 Å². The normalized spacial score (nSPS) is 48.0. The van der Waals surface area contributed by atoms with Gasteiger partial charge in [0.2, 0.25) is 0 Å². The first kappa shape index (κ1) is 3.94. The van der Waals surface area contributed by atoms with Crippen molar-refractivity contribution in [3.8, 4) is 0 Å². The van der Waals surface area contributed by atoms with Gasteiger partial charge >= 0.3 is 0 Å². The van der Waals surface area contributed by atoms with Crippen LogP contribution in [-0.2, 0) is 0 Å². The van der Waals surface area contributed by atoms with Gasteiger partial charge in [0.15, 0.2) is 0 Å². The molecule has 1 radical (unpaired) electrons. The number of hydrogen-bond donors (Lipinski definition) is 0. The molecule has 7 heavy (non-hydrogen) atoms.